The first-order chi connectivity index (χ1) is 19.8. The zero-order chi connectivity index (χ0) is 29.4. The average Bonchev–Trinajstić information content (AvgIpc) is 3.49. The standard InChI is InChI=1S/C28H5F3N10/c1-35-17(6-33)21-15-4-14-16(5-32)19(12-8-38-27(30)39-9-12)24(18(7-34)36-2)22(14)25(29)23(15)26(37-3)20(21)13-10-40-28(31)41-11-13/h4,8-11H/b21-17-,24-18-. The Morgan fingerprint density at radius 3 is 1.68 bits per heavy atom. The van der Waals surface area contributed by atoms with Gasteiger partial charge in [-0.3, -0.25) is 0 Å². The van der Waals surface area contributed by atoms with Gasteiger partial charge in [-0.25, -0.2) is 49.4 Å². The third-order valence-corrected chi connectivity index (χ3v) is 6.23. The van der Waals surface area contributed by atoms with Gasteiger partial charge in [0.1, 0.15) is 11.9 Å². The predicted octanol–water partition coefficient (Wildman–Crippen LogP) is 5.24. The topological polar surface area (TPSA) is 136 Å². The Labute approximate surface area is 228 Å². The van der Waals surface area contributed by atoms with Crippen molar-refractivity contribution in [1.29, 1.82) is 15.8 Å². The number of hydrogen-bond acceptors (Lipinski definition) is 7. The molecule has 0 N–H and O–H groups in total. The van der Waals surface area contributed by atoms with Gasteiger partial charge in [-0.2, -0.15) is 14.0 Å². The molecule has 0 bridgehead atoms. The molecule has 13 heteroatoms. The zero-order valence-corrected chi connectivity index (χ0v) is 20.0. The number of nitrogens with zero attached hydrogens (tertiary/aromatic N) is 10. The molecule has 0 unspecified atom stereocenters. The molecule has 0 fully saturated rings. The highest BCUT2D eigenvalue weighted by Gasteiger charge is 2.40. The molecule has 0 saturated heterocycles. The van der Waals surface area contributed by atoms with Crippen LogP contribution in [0.5, 0.6) is 0 Å². The normalized spacial score (nSPS) is 15.4. The third kappa shape index (κ3) is 3.69. The Hall–Kier alpha value is -6.93. The largest absolute Gasteiger partial charge is 0.308 e. The van der Waals surface area contributed by atoms with Crippen molar-refractivity contribution >= 4 is 33.6 Å². The second-order valence-corrected chi connectivity index (χ2v) is 8.11. The maximum absolute atomic E-state index is 16.7. The molecule has 0 radical (unpaired) electrons. The van der Waals surface area contributed by atoms with Crippen LogP contribution in [-0.4, -0.2) is 19.9 Å². The van der Waals surface area contributed by atoms with Crippen molar-refractivity contribution in [1.82, 2.24) is 19.9 Å². The third-order valence-electron chi connectivity index (χ3n) is 6.23. The van der Waals surface area contributed by atoms with Gasteiger partial charge in [0.05, 0.1) is 37.4 Å². The molecule has 10 nitrogen and oxygen atoms in total. The molecule has 5 rings (SSSR count). The van der Waals surface area contributed by atoms with Crippen molar-refractivity contribution < 1.29 is 13.2 Å². The molecular formula is C28H5F3N10. The number of aromatic nitrogens is 4. The fourth-order valence-corrected chi connectivity index (χ4v) is 4.72. The summed E-state index contributed by atoms with van der Waals surface area (Å²) >= 11 is 0. The Bertz CT molecular complexity index is 2080. The number of rotatable bonds is 2. The van der Waals surface area contributed by atoms with Crippen molar-refractivity contribution in [2.75, 3.05) is 0 Å². The molecule has 2 aliphatic rings. The predicted molar refractivity (Wildman–Crippen MR) is 134 cm³/mol. The second-order valence-electron chi connectivity index (χ2n) is 8.11. The molecule has 0 aliphatic heterocycles. The molecule has 0 amide bonds. The highest BCUT2D eigenvalue weighted by molar-refractivity contribution is 6.29. The van der Waals surface area contributed by atoms with E-state index in [4.69, 9.17) is 19.7 Å². The molecule has 0 atom stereocenters. The first-order valence-corrected chi connectivity index (χ1v) is 11.0. The van der Waals surface area contributed by atoms with Crippen molar-refractivity contribution in [2.24, 2.45) is 0 Å². The van der Waals surface area contributed by atoms with Gasteiger partial charge < -0.3 is 0 Å². The molecule has 41 heavy (non-hydrogen) atoms. The lowest BCUT2D eigenvalue weighted by atomic mass is 9.91. The van der Waals surface area contributed by atoms with Crippen LogP contribution in [0, 0.1) is 71.7 Å². The molecule has 0 spiro atoms. The average molecular weight is 538 g/mol. The minimum absolute atomic E-state index is 0.00448. The van der Waals surface area contributed by atoms with Gasteiger partial charge in [0.15, 0.2) is 0 Å². The number of nitriles is 3. The zero-order valence-electron chi connectivity index (χ0n) is 20.0. The lowest BCUT2D eigenvalue weighted by Gasteiger charge is -2.13. The van der Waals surface area contributed by atoms with Gasteiger partial charge in [-0.05, 0) is 22.8 Å². The van der Waals surface area contributed by atoms with Gasteiger partial charge in [0.2, 0.25) is 5.70 Å². The number of halogens is 3. The molecule has 0 saturated carbocycles. The van der Waals surface area contributed by atoms with Crippen molar-refractivity contribution in [3.05, 3.63) is 128 Å². The van der Waals surface area contributed by atoms with Gasteiger partial charge in [0.25, 0.3) is 11.4 Å². The minimum atomic E-state index is -1.13. The summed E-state index contributed by atoms with van der Waals surface area (Å²) < 4.78 is 43.7. The first kappa shape index (κ1) is 25.7. The molecule has 188 valence electrons. The highest BCUT2D eigenvalue weighted by atomic mass is 19.1. The van der Waals surface area contributed by atoms with Crippen LogP contribution in [0.1, 0.15) is 33.4 Å². The molecular weight excluding hydrogens is 533 g/mol. The molecule has 3 aromatic rings. The minimum Gasteiger partial charge on any atom is -0.237 e. The van der Waals surface area contributed by atoms with Crippen molar-refractivity contribution in [3.63, 3.8) is 0 Å². The first-order valence-electron chi connectivity index (χ1n) is 11.0. The van der Waals surface area contributed by atoms with E-state index in [-0.39, 0.29) is 66.9 Å². The fraction of sp³-hybridized carbons (Fsp3) is 0. The van der Waals surface area contributed by atoms with E-state index in [1.54, 1.807) is 12.1 Å². The smallest absolute Gasteiger partial charge is 0.237 e. The van der Waals surface area contributed by atoms with Crippen LogP contribution in [0.15, 0.2) is 42.2 Å². The van der Waals surface area contributed by atoms with Gasteiger partial charge in [-0.1, -0.05) is 0 Å². The molecule has 2 aliphatic carbocycles. The highest BCUT2D eigenvalue weighted by Crippen LogP contribution is 2.56. The SMILES string of the molecule is [C-]#[N+]C1=C(c2cnc(F)nc2)/C(=C(/C#N)[N+]#[C-])c2cc3c(c(F)c21)/C(=C(/C#N)[N+]#[C-])C(c1cnc(F)nc1)=C3C#N. The molecule has 2 aromatic heterocycles. The van der Waals surface area contributed by atoms with Crippen molar-refractivity contribution in [2.45, 2.75) is 0 Å². The summed E-state index contributed by atoms with van der Waals surface area (Å²) in [4.78, 5) is 23.7. The van der Waals surface area contributed by atoms with E-state index in [2.05, 4.69) is 34.5 Å². The molecule has 2 heterocycles. The maximum Gasteiger partial charge on any atom is 0.308 e. The van der Waals surface area contributed by atoms with Crippen LogP contribution < -0.4 is 0 Å². The summed E-state index contributed by atoms with van der Waals surface area (Å²) in [5.74, 6) is -1.13. The molecule has 1 aromatic carbocycles. The van der Waals surface area contributed by atoms with E-state index >= 15 is 4.39 Å². The quantitative estimate of drug-likeness (QED) is 0.247. The van der Waals surface area contributed by atoms with E-state index in [0.29, 0.717) is 0 Å². The van der Waals surface area contributed by atoms with E-state index < -0.39 is 29.4 Å². The van der Waals surface area contributed by atoms with Crippen LogP contribution in [0.4, 0.5) is 13.2 Å². The number of fused-ring (bicyclic) bond motifs is 2. The lowest BCUT2D eigenvalue weighted by molar-refractivity contribution is 0.537. The van der Waals surface area contributed by atoms with Crippen LogP contribution in [0.25, 0.3) is 48.1 Å². The Morgan fingerprint density at radius 2 is 1.22 bits per heavy atom. The summed E-state index contributed by atoms with van der Waals surface area (Å²) in [6.07, 6.45) is 1.83. The van der Waals surface area contributed by atoms with Crippen molar-refractivity contribution in [3.8, 4) is 18.2 Å². The summed E-state index contributed by atoms with van der Waals surface area (Å²) in [5, 5.41) is 29.6. The van der Waals surface area contributed by atoms with Gasteiger partial charge in [-0.15, -0.1) is 0 Å². The van der Waals surface area contributed by atoms with Crippen LogP contribution in [0.3, 0.4) is 0 Å². The number of hydrogen-bond donors (Lipinski definition) is 0. The van der Waals surface area contributed by atoms with E-state index in [0.717, 1.165) is 24.8 Å². The number of allylic oxidation sites excluding steroid dienone is 7. The van der Waals surface area contributed by atoms with Gasteiger partial charge >= 0.3 is 12.2 Å². The van der Waals surface area contributed by atoms with Crippen LogP contribution in [-0.2, 0) is 0 Å². The summed E-state index contributed by atoms with van der Waals surface area (Å²) in [5.41, 5.74) is -3.41. The summed E-state index contributed by atoms with van der Waals surface area (Å²) in [6.45, 7) is 22.9. The second kappa shape index (κ2) is 9.75. The van der Waals surface area contributed by atoms with Crippen LogP contribution in [0.2, 0.25) is 0 Å². The summed E-state index contributed by atoms with van der Waals surface area (Å²) in [7, 11) is 0. The lowest BCUT2D eigenvalue weighted by Crippen LogP contribution is -2.00. The van der Waals surface area contributed by atoms with Gasteiger partial charge in [0, 0.05) is 63.8 Å². The van der Waals surface area contributed by atoms with E-state index in [1.165, 1.54) is 6.07 Å². The maximum atomic E-state index is 16.7. The van der Waals surface area contributed by atoms with Crippen LogP contribution >= 0.6 is 0 Å². The van der Waals surface area contributed by atoms with E-state index in [1.807, 2.05) is 6.07 Å². The Kier molecular flexibility index (Phi) is 6.11. The van der Waals surface area contributed by atoms with E-state index in [9.17, 15) is 24.6 Å². The fourth-order valence-electron chi connectivity index (χ4n) is 4.72. The Balaban J connectivity index is 1.97. The Morgan fingerprint density at radius 1 is 0.707 bits per heavy atom. The monoisotopic (exact) mass is 538 g/mol. The summed E-state index contributed by atoms with van der Waals surface area (Å²) in [6, 6.07) is 6.58. The number of benzene rings is 1.